The van der Waals surface area contributed by atoms with E-state index in [0.29, 0.717) is 0 Å². The van der Waals surface area contributed by atoms with Gasteiger partial charge in [0.2, 0.25) is 5.91 Å². The fraction of sp³-hybridized carbons (Fsp3) is 0.667. The molecule has 3 atom stereocenters. The number of nitrogens with two attached hydrogens (primary N) is 1. The number of nitrogens with zero attached hydrogens (tertiary/aromatic N) is 2. The molecule has 0 aliphatic carbocycles. The summed E-state index contributed by atoms with van der Waals surface area (Å²) in [5, 5.41) is 7.12. The number of carbonyl (C=O) groups excluding carboxylic acids is 1. The Bertz CT molecular complexity index is 403. The maximum absolute atomic E-state index is 11.9. The van der Waals surface area contributed by atoms with E-state index in [-0.39, 0.29) is 36.3 Å². The highest BCUT2D eigenvalue weighted by Gasteiger charge is 2.20. The molecule has 0 radical (unpaired) electrons. The zero-order chi connectivity index (χ0) is 13.2. The van der Waals surface area contributed by atoms with Crippen LogP contribution in [0.4, 0.5) is 0 Å². The third-order valence-electron chi connectivity index (χ3n) is 3.30. The molecule has 0 aromatic carbocycles. The summed E-state index contributed by atoms with van der Waals surface area (Å²) >= 11 is 0. The summed E-state index contributed by atoms with van der Waals surface area (Å²) in [5.41, 5.74) is 7.81. The molecule has 3 unspecified atom stereocenters. The standard InChI is InChI=1S/C12H22N4O.ClH/c1-7(8(2)13)12(17)15-9(3)11-6-14-16(5)10(11)4;/h6-9H,13H2,1-5H3,(H,15,17);1H. The van der Waals surface area contributed by atoms with E-state index < -0.39 is 0 Å². The van der Waals surface area contributed by atoms with E-state index in [2.05, 4.69) is 10.4 Å². The minimum Gasteiger partial charge on any atom is -0.349 e. The van der Waals surface area contributed by atoms with Crippen molar-refractivity contribution in [1.82, 2.24) is 15.1 Å². The SMILES string of the molecule is Cc1c(C(C)NC(=O)C(C)C(C)N)cnn1C.Cl. The summed E-state index contributed by atoms with van der Waals surface area (Å²) in [6, 6.07) is -0.186. The molecule has 0 fully saturated rings. The second-order valence-corrected chi connectivity index (χ2v) is 4.69. The van der Waals surface area contributed by atoms with Gasteiger partial charge in [-0.1, -0.05) is 6.92 Å². The lowest BCUT2D eigenvalue weighted by Gasteiger charge is -2.19. The van der Waals surface area contributed by atoms with E-state index in [1.807, 2.05) is 34.7 Å². The number of rotatable bonds is 4. The zero-order valence-corrected chi connectivity index (χ0v) is 12.4. The lowest BCUT2D eigenvalue weighted by Crippen LogP contribution is -2.39. The van der Waals surface area contributed by atoms with Crippen LogP contribution in [0.2, 0.25) is 0 Å². The number of hydrogen-bond donors (Lipinski definition) is 2. The summed E-state index contributed by atoms with van der Waals surface area (Å²) in [6.45, 7) is 7.61. The first-order chi connectivity index (χ1) is 7.84. The van der Waals surface area contributed by atoms with E-state index in [1.54, 1.807) is 10.9 Å². The summed E-state index contributed by atoms with van der Waals surface area (Å²) in [7, 11) is 1.89. The minimum atomic E-state index is -0.186. The maximum Gasteiger partial charge on any atom is 0.224 e. The van der Waals surface area contributed by atoms with Crippen LogP contribution in [0.25, 0.3) is 0 Å². The van der Waals surface area contributed by atoms with Gasteiger partial charge < -0.3 is 11.1 Å². The molecule has 1 rings (SSSR count). The van der Waals surface area contributed by atoms with Gasteiger partial charge in [-0.25, -0.2) is 0 Å². The van der Waals surface area contributed by atoms with E-state index in [0.717, 1.165) is 11.3 Å². The van der Waals surface area contributed by atoms with Gasteiger partial charge in [-0.05, 0) is 20.8 Å². The predicted octanol–water partition coefficient (Wildman–Crippen LogP) is 1.31. The minimum absolute atomic E-state index is 0. The highest BCUT2D eigenvalue weighted by atomic mass is 35.5. The molecule has 0 aliphatic rings. The lowest BCUT2D eigenvalue weighted by molar-refractivity contribution is -0.125. The van der Waals surface area contributed by atoms with Crippen LogP contribution in [-0.4, -0.2) is 21.7 Å². The number of amides is 1. The second-order valence-electron chi connectivity index (χ2n) is 4.69. The highest BCUT2D eigenvalue weighted by molar-refractivity contribution is 5.85. The molecule has 1 aromatic heterocycles. The van der Waals surface area contributed by atoms with Crippen molar-refractivity contribution in [2.45, 2.75) is 39.8 Å². The Balaban J connectivity index is 0.00000289. The van der Waals surface area contributed by atoms with Crippen LogP contribution in [0.15, 0.2) is 6.20 Å². The fourth-order valence-electron chi connectivity index (χ4n) is 1.60. The average Bonchev–Trinajstić information content (AvgIpc) is 2.58. The van der Waals surface area contributed by atoms with Gasteiger partial charge >= 0.3 is 0 Å². The molecule has 104 valence electrons. The number of nitrogens with one attached hydrogen (secondary N) is 1. The maximum atomic E-state index is 11.9. The smallest absolute Gasteiger partial charge is 0.224 e. The van der Waals surface area contributed by atoms with Crippen molar-refractivity contribution in [3.05, 3.63) is 17.5 Å². The van der Waals surface area contributed by atoms with Crippen LogP contribution >= 0.6 is 12.4 Å². The average molecular weight is 275 g/mol. The molecular formula is C12H23ClN4O. The Kier molecular flexibility index (Phi) is 6.35. The van der Waals surface area contributed by atoms with Crippen LogP contribution in [0.5, 0.6) is 0 Å². The Morgan fingerprint density at radius 1 is 1.44 bits per heavy atom. The molecule has 6 heteroatoms. The number of aryl methyl sites for hydroxylation is 1. The Hall–Kier alpha value is -1.07. The van der Waals surface area contributed by atoms with Crippen LogP contribution in [0.3, 0.4) is 0 Å². The van der Waals surface area contributed by atoms with Crippen molar-refractivity contribution < 1.29 is 4.79 Å². The van der Waals surface area contributed by atoms with Crippen LogP contribution in [0.1, 0.15) is 38.1 Å². The number of carbonyl (C=O) groups is 1. The molecule has 0 spiro atoms. The molecule has 1 heterocycles. The molecule has 1 aromatic rings. The second kappa shape index (κ2) is 6.75. The quantitative estimate of drug-likeness (QED) is 0.869. The first-order valence-corrected chi connectivity index (χ1v) is 5.89. The molecule has 0 bridgehead atoms. The molecule has 18 heavy (non-hydrogen) atoms. The Labute approximate surface area is 115 Å². The van der Waals surface area contributed by atoms with E-state index in [1.165, 1.54) is 0 Å². The monoisotopic (exact) mass is 274 g/mol. The molecule has 0 saturated heterocycles. The van der Waals surface area contributed by atoms with Gasteiger partial charge in [0, 0.05) is 30.3 Å². The van der Waals surface area contributed by atoms with Crippen molar-refractivity contribution in [2.75, 3.05) is 0 Å². The first kappa shape index (κ1) is 16.9. The van der Waals surface area contributed by atoms with E-state index >= 15 is 0 Å². The zero-order valence-electron chi connectivity index (χ0n) is 11.6. The van der Waals surface area contributed by atoms with Gasteiger partial charge in [0.25, 0.3) is 0 Å². The normalized spacial score (nSPS) is 15.4. The molecule has 0 saturated carbocycles. The van der Waals surface area contributed by atoms with Crippen molar-refractivity contribution in [2.24, 2.45) is 18.7 Å². The molecule has 5 nitrogen and oxygen atoms in total. The van der Waals surface area contributed by atoms with Gasteiger partial charge in [-0.15, -0.1) is 12.4 Å². The largest absolute Gasteiger partial charge is 0.349 e. The fourth-order valence-corrected chi connectivity index (χ4v) is 1.60. The first-order valence-electron chi connectivity index (χ1n) is 5.89. The van der Waals surface area contributed by atoms with Crippen molar-refractivity contribution in [3.63, 3.8) is 0 Å². The number of aromatic nitrogens is 2. The van der Waals surface area contributed by atoms with E-state index in [9.17, 15) is 4.79 Å². The molecule has 1 amide bonds. The molecule has 0 aliphatic heterocycles. The third kappa shape index (κ3) is 3.71. The van der Waals surface area contributed by atoms with Crippen LogP contribution < -0.4 is 11.1 Å². The van der Waals surface area contributed by atoms with Crippen LogP contribution in [0, 0.1) is 12.8 Å². The molecule has 3 N–H and O–H groups in total. The van der Waals surface area contributed by atoms with Gasteiger partial charge in [-0.2, -0.15) is 5.10 Å². The van der Waals surface area contributed by atoms with Gasteiger partial charge in [0.05, 0.1) is 12.2 Å². The summed E-state index contributed by atoms with van der Waals surface area (Å²) in [5.74, 6) is -0.204. The van der Waals surface area contributed by atoms with Crippen molar-refractivity contribution >= 4 is 18.3 Å². The Morgan fingerprint density at radius 2 is 2.00 bits per heavy atom. The Morgan fingerprint density at radius 3 is 2.39 bits per heavy atom. The third-order valence-corrected chi connectivity index (χ3v) is 3.30. The van der Waals surface area contributed by atoms with Gasteiger partial charge in [0.15, 0.2) is 0 Å². The molecular weight excluding hydrogens is 252 g/mol. The lowest BCUT2D eigenvalue weighted by atomic mass is 10.0. The van der Waals surface area contributed by atoms with Crippen molar-refractivity contribution in [1.29, 1.82) is 0 Å². The highest BCUT2D eigenvalue weighted by Crippen LogP contribution is 2.16. The van der Waals surface area contributed by atoms with Crippen molar-refractivity contribution in [3.8, 4) is 0 Å². The summed E-state index contributed by atoms with van der Waals surface area (Å²) in [4.78, 5) is 11.9. The predicted molar refractivity (Wildman–Crippen MR) is 74.6 cm³/mol. The topological polar surface area (TPSA) is 72.9 Å². The summed E-state index contributed by atoms with van der Waals surface area (Å²) < 4.78 is 1.80. The number of halogens is 1. The van der Waals surface area contributed by atoms with Gasteiger partial charge in [-0.3, -0.25) is 9.48 Å². The van der Waals surface area contributed by atoms with E-state index in [4.69, 9.17) is 5.73 Å². The number of hydrogen-bond acceptors (Lipinski definition) is 3. The van der Waals surface area contributed by atoms with Crippen LogP contribution in [-0.2, 0) is 11.8 Å². The summed E-state index contributed by atoms with van der Waals surface area (Å²) in [6.07, 6.45) is 1.79. The van der Waals surface area contributed by atoms with Gasteiger partial charge in [0.1, 0.15) is 0 Å².